The molecular formula is C12H24N2O. The van der Waals surface area contributed by atoms with Gasteiger partial charge in [-0.3, -0.25) is 4.79 Å². The lowest BCUT2D eigenvalue weighted by molar-refractivity contribution is -0.124. The van der Waals surface area contributed by atoms with Crippen molar-refractivity contribution in [2.75, 3.05) is 0 Å². The van der Waals surface area contributed by atoms with E-state index in [4.69, 9.17) is 5.73 Å². The molecule has 3 N–H and O–H groups in total. The molecule has 0 bridgehead atoms. The fraction of sp³-hybridized carbons (Fsp3) is 0.917. The van der Waals surface area contributed by atoms with E-state index in [-0.39, 0.29) is 17.9 Å². The molecule has 0 spiro atoms. The highest BCUT2D eigenvalue weighted by Crippen LogP contribution is 2.23. The van der Waals surface area contributed by atoms with E-state index in [1.165, 1.54) is 12.8 Å². The zero-order valence-corrected chi connectivity index (χ0v) is 10.1. The van der Waals surface area contributed by atoms with Crippen LogP contribution in [-0.4, -0.2) is 18.0 Å². The van der Waals surface area contributed by atoms with Gasteiger partial charge in [-0.25, -0.2) is 0 Å². The second kappa shape index (κ2) is 5.50. The summed E-state index contributed by atoms with van der Waals surface area (Å²) in [7, 11) is 0. The first-order chi connectivity index (χ1) is 7.00. The Bertz CT molecular complexity index is 216. The fourth-order valence-electron chi connectivity index (χ4n) is 2.17. The van der Waals surface area contributed by atoms with E-state index in [2.05, 4.69) is 12.2 Å². The molecule has 1 fully saturated rings. The Morgan fingerprint density at radius 2 is 2.07 bits per heavy atom. The minimum atomic E-state index is -0.359. The summed E-state index contributed by atoms with van der Waals surface area (Å²) >= 11 is 0. The maximum atomic E-state index is 11.7. The van der Waals surface area contributed by atoms with Gasteiger partial charge in [0.1, 0.15) is 0 Å². The van der Waals surface area contributed by atoms with Crippen molar-refractivity contribution in [2.24, 2.45) is 17.6 Å². The molecule has 0 aromatic carbocycles. The summed E-state index contributed by atoms with van der Waals surface area (Å²) in [5.41, 5.74) is 5.80. The lowest BCUT2D eigenvalue weighted by atomic mass is 9.87. The molecule has 1 aliphatic carbocycles. The number of amides is 1. The molecule has 0 saturated heterocycles. The number of hydrogen-bond donors (Lipinski definition) is 2. The largest absolute Gasteiger partial charge is 0.352 e. The molecule has 15 heavy (non-hydrogen) atoms. The van der Waals surface area contributed by atoms with Gasteiger partial charge in [0, 0.05) is 6.04 Å². The molecule has 0 heterocycles. The van der Waals surface area contributed by atoms with Crippen molar-refractivity contribution in [1.29, 1.82) is 0 Å². The molecule has 1 rings (SSSR count). The average Bonchev–Trinajstić information content (AvgIpc) is 2.16. The first-order valence-electron chi connectivity index (χ1n) is 6.06. The predicted molar refractivity (Wildman–Crippen MR) is 62.4 cm³/mol. The number of hydrogen-bond acceptors (Lipinski definition) is 2. The second-order valence-corrected chi connectivity index (χ2v) is 5.25. The number of rotatable bonds is 3. The molecule has 0 aliphatic heterocycles. The Kier molecular flexibility index (Phi) is 4.58. The molecule has 2 unspecified atom stereocenters. The zero-order chi connectivity index (χ0) is 11.4. The van der Waals surface area contributed by atoms with Gasteiger partial charge in [-0.05, 0) is 24.7 Å². The Hall–Kier alpha value is -0.570. The summed E-state index contributed by atoms with van der Waals surface area (Å²) in [4.78, 5) is 11.7. The first-order valence-corrected chi connectivity index (χ1v) is 6.06. The normalized spacial score (nSPS) is 28.9. The zero-order valence-electron chi connectivity index (χ0n) is 10.1. The highest BCUT2D eigenvalue weighted by Gasteiger charge is 2.23. The first kappa shape index (κ1) is 12.5. The second-order valence-electron chi connectivity index (χ2n) is 5.25. The summed E-state index contributed by atoms with van der Waals surface area (Å²) in [6.07, 6.45) is 4.74. The van der Waals surface area contributed by atoms with Crippen LogP contribution in [-0.2, 0) is 4.79 Å². The van der Waals surface area contributed by atoms with Crippen molar-refractivity contribution in [3.8, 4) is 0 Å². The van der Waals surface area contributed by atoms with Crippen molar-refractivity contribution in [1.82, 2.24) is 5.32 Å². The van der Waals surface area contributed by atoms with Crippen LogP contribution in [0.15, 0.2) is 0 Å². The molecule has 0 aromatic heterocycles. The Morgan fingerprint density at radius 3 is 2.60 bits per heavy atom. The molecule has 1 amide bonds. The van der Waals surface area contributed by atoms with Gasteiger partial charge in [0.15, 0.2) is 0 Å². The number of nitrogens with one attached hydrogen (secondary N) is 1. The van der Waals surface area contributed by atoms with Crippen LogP contribution in [0.4, 0.5) is 0 Å². The summed E-state index contributed by atoms with van der Waals surface area (Å²) in [5, 5.41) is 3.07. The smallest absolute Gasteiger partial charge is 0.237 e. The van der Waals surface area contributed by atoms with Crippen molar-refractivity contribution in [2.45, 2.75) is 58.5 Å². The van der Waals surface area contributed by atoms with Crippen LogP contribution in [0.2, 0.25) is 0 Å². The SMILES string of the molecule is CC1CCCC(NC(=O)[C@@H](N)C(C)C)C1. The lowest BCUT2D eigenvalue weighted by Gasteiger charge is -2.29. The van der Waals surface area contributed by atoms with Crippen LogP contribution in [0.5, 0.6) is 0 Å². The predicted octanol–water partition coefficient (Wildman–Crippen LogP) is 1.66. The number of nitrogens with two attached hydrogens (primary N) is 1. The fourth-order valence-corrected chi connectivity index (χ4v) is 2.17. The quantitative estimate of drug-likeness (QED) is 0.747. The number of carbonyl (C=O) groups excluding carboxylic acids is 1. The van der Waals surface area contributed by atoms with Crippen LogP contribution in [0.25, 0.3) is 0 Å². The number of carbonyl (C=O) groups is 1. The highest BCUT2D eigenvalue weighted by atomic mass is 16.2. The van der Waals surface area contributed by atoms with Gasteiger partial charge >= 0.3 is 0 Å². The summed E-state index contributed by atoms with van der Waals surface area (Å²) < 4.78 is 0. The van der Waals surface area contributed by atoms with Gasteiger partial charge in [0.05, 0.1) is 6.04 Å². The molecule has 3 atom stereocenters. The van der Waals surface area contributed by atoms with Gasteiger partial charge in [-0.1, -0.05) is 33.6 Å². The van der Waals surface area contributed by atoms with Crippen molar-refractivity contribution in [3.63, 3.8) is 0 Å². The van der Waals surface area contributed by atoms with Crippen LogP contribution in [0.3, 0.4) is 0 Å². The Balaban J connectivity index is 2.37. The van der Waals surface area contributed by atoms with Crippen molar-refractivity contribution < 1.29 is 4.79 Å². The van der Waals surface area contributed by atoms with E-state index in [0.29, 0.717) is 6.04 Å². The van der Waals surface area contributed by atoms with E-state index < -0.39 is 0 Å². The molecule has 1 saturated carbocycles. The topological polar surface area (TPSA) is 55.1 Å². The van der Waals surface area contributed by atoms with Crippen LogP contribution < -0.4 is 11.1 Å². The van der Waals surface area contributed by atoms with E-state index in [9.17, 15) is 4.79 Å². The van der Waals surface area contributed by atoms with Crippen LogP contribution in [0, 0.1) is 11.8 Å². The van der Waals surface area contributed by atoms with Crippen LogP contribution >= 0.6 is 0 Å². The van der Waals surface area contributed by atoms with Crippen LogP contribution in [0.1, 0.15) is 46.5 Å². The molecule has 3 heteroatoms. The molecule has 3 nitrogen and oxygen atoms in total. The third-order valence-corrected chi connectivity index (χ3v) is 3.30. The third-order valence-electron chi connectivity index (χ3n) is 3.30. The van der Waals surface area contributed by atoms with Gasteiger partial charge < -0.3 is 11.1 Å². The van der Waals surface area contributed by atoms with E-state index >= 15 is 0 Å². The lowest BCUT2D eigenvalue weighted by Crippen LogP contribution is -2.48. The average molecular weight is 212 g/mol. The third kappa shape index (κ3) is 3.82. The van der Waals surface area contributed by atoms with Gasteiger partial charge in [0.25, 0.3) is 0 Å². The Labute approximate surface area is 92.8 Å². The van der Waals surface area contributed by atoms with E-state index in [0.717, 1.165) is 18.8 Å². The van der Waals surface area contributed by atoms with Gasteiger partial charge in [0.2, 0.25) is 5.91 Å². The minimum Gasteiger partial charge on any atom is -0.352 e. The van der Waals surface area contributed by atoms with Gasteiger partial charge in [-0.15, -0.1) is 0 Å². The monoisotopic (exact) mass is 212 g/mol. The molecule has 0 aromatic rings. The molecule has 1 aliphatic rings. The maximum Gasteiger partial charge on any atom is 0.237 e. The van der Waals surface area contributed by atoms with Gasteiger partial charge in [-0.2, -0.15) is 0 Å². The highest BCUT2D eigenvalue weighted by molar-refractivity contribution is 5.82. The minimum absolute atomic E-state index is 0.0177. The Morgan fingerprint density at radius 1 is 1.40 bits per heavy atom. The molecular weight excluding hydrogens is 188 g/mol. The summed E-state index contributed by atoms with van der Waals surface area (Å²) in [6.45, 7) is 6.21. The standard InChI is InChI=1S/C12H24N2O/c1-8(2)11(13)12(15)14-10-6-4-5-9(3)7-10/h8-11H,4-7,13H2,1-3H3,(H,14,15)/t9?,10?,11-/m0/s1. The van der Waals surface area contributed by atoms with E-state index in [1.807, 2.05) is 13.8 Å². The molecule has 0 radical (unpaired) electrons. The van der Waals surface area contributed by atoms with Crippen molar-refractivity contribution >= 4 is 5.91 Å². The molecule has 88 valence electrons. The summed E-state index contributed by atoms with van der Waals surface area (Å²) in [5.74, 6) is 0.967. The summed E-state index contributed by atoms with van der Waals surface area (Å²) in [6, 6.07) is -0.00622. The van der Waals surface area contributed by atoms with Crippen molar-refractivity contribution in [3.05, 3.63) is 0 Å². The van der Waals surface area contributed by atoms with E-state index in [1.54, 1.807) is 0 Å². The maximum absolute atomic E-state index is 11.7.